The van der Waals surface area contributed by atoms with Crippen LogP contribution in [0.25, 0.3) is 23.0 Å². The minimum Gasteiger partial charge on any atom is -0.342 e. The van der Waals surface area contributed by atoms with Crippen LogP contribution in [0.15, 0.2) is 66.9 Å². The van der Waals surface area contributed by atoms with Crippen LogP contribution in [-0.2, 0) is 9.59 Å². The average molecular weight is 473 g/mol. The number of likely N-dealkylation sites (tertiary alicyclic amines) is 2. The first-order valence-electron chi connectivity index (χ1n) is 12.3. The van der Waals surface area contributed by atoms with Crippen molar-refractivity contribution in [3.8, 4) is 16.9 Å². The van der Waals surface area contributed by atoms with E-state index in [1.54, 1.807) is 29.0 Å². The number of nitrogens with zero attached hydrogens (tertiary/aromatic N) is 4. The number of halogens is 1. The van der Waals surface area contributed by atoms with E-state index in [-0.39, 0.29) is 23.5 Å². The van der Waals surface area contributed by atoms with Crippen LogP contribution in [0.2, 0.25) is 0 Å². The molecule has 2 aliphatic rings. The molecule has 0 saturated carbocycles. The van der Waals surface area contributed by atoms with Gasteiger partial charge in [0, 0.05) is 55.5 Å². The molecule has 5 rings (SSSR count). The third-order valence-electron chi connectivity index (χ3n) is 6.86. The van der Waals surface area contributed by atoms with E-state index in [0.29, 0.717) is 31.6 Å². The second kappa shape index (κ2) is 10.3. The van der Waals surface area contributed by atoms with Crippen molar-refractivity contribution in [3.63, 3.8) is 0 Å². The molecular formula is C28H29FN4O2. The lowest BCUT2D eigenvalue weighted by Gasteiger charge is -2.32. The summed E-state index contributed by atoms with van der Waals surface area (Å²) < 4.78 is 15.2. The first kappa shape index (κ1) is 23.0. The van der Waals surface area contributed by atoms with E-state index in [2.05, 4.69) is 0 Å². The number of carbonyl (C=O) groups is 2. The summed E-state index contributed by atoms with van der Waals surface area (Å²) in [5.74, 6) is -0.109. The second-order valence-corrected chi connectivity index (χ2v) is 9.19. The summed E-state index contributed by atoms with van der Waals surface area (Å²) in [4.78, 5) is 29.4. The third-order valence-corrected chi connectivity index (χ3v) is 6.86. The SMILES string of the molecule is O=C(/C=C/c1cn(-c2ccccc2)nc1-c1ccc(F)cc1)N1CCC(C(=O)N2CCCC2)CC1. The molecule has 0 aliphatic carbocycles. The normalized spacial score (nSPS) is 16.8. The molecule has 0 spiro atoms. The fourth-order valence-electron chi connectivity index (χ4n) is 4.86. The molecule has 1 aromatic heterocycles. The van der Waals surface area contributed by atoms with Crippen molar-refractivity contribution in [1.29, 1.82) is 0 Å². The predicted octanol–water partition coefficient (Wildman–Crippen LogP) is 4.55. The van der Waals surface area contributed by atoms with Gasteiger partial charge < -0.3 is 9.80 Å². The number of piperidine rings is 1. The molecule has 35 heavy (non-hydrogen) atoms. The molecule has 0 atom stereocenters. The first-order chi connectivity index (χ1) is 17.1. The van der Waals surface area contributed by atoms with Crippen molar-refractivity contribution in [2.24, 2.45) is 5.92 Å². The zero-order chi connectivity index (χ0) is 24.2. The number of carbonyl (C=O) groups excluding carboxylic acids is 2. The van der Waals surface area contributed by atoms with Crippen LogP contribution in [0.4, 0.5) is 4.39 Å². The van der Waals surface area contributed by atoms with E-state index in [1.165, 1.54) is 12.1 Å². The quantitative estimate of drug-likeness (QED) is 0.512. The topological polar surface area (TPSA) is 58.4 Å². The summed E-state index contributed by atoms with van der Waals surface area (Å²) in [6.07, 6.45) is 8.82. The van der Waals surface area contributed by atoms with E-state index in [1.807, 2.05) is 46.3 Å². The fourth-order valence-corrected chi connectivity index (χ4v) is 4.86. The number of rotatable bonds is 5. The standard InChI is InChI=1S/C28H29FN4O2/c29-24-11-8-21(9-12-24)27-23(20-33(30-27)25-6-2-1-3-7-25)10-13-26(34)31-18-14-22(15-19-31)28(35)32-16-4-5-17-32/h1-3,6-13,20,22H,4-5,14-19H2/b13-10+. The van der Waals surface area contributed by atoms with Gasteiger partial charge in [-0.2, -0.15) is 5.10 Å². The minimum atomic E-state index is -0.310. The summed E-state index contributed by atoms with van der Waals surface area (Å²) in [6.45, 7) is 2.91. The van der Waals surface area contributed by atoms with Crippen LogP contribution >= 0.6 is 0 Å². The van der Waals surface area contributed by atoms with Crippen molar-refractivity contribution in [3.05, 3.63) is 78.3 Å². The molecule has 0 unspecified atom stereocenters. The fraction of sp³-hybridized carbons (Fsp3) is 0.321. The Morgan fingerprint density at radius 2 is 1.57 bits per heavy atom. The number of hydrogen-bond acceptors (Lipinski definition) is 3. The molecule has 0 bridgehead atoms. The highest BCUT2D eigenvalue weighted by molar-refractivity contribution is 5.93. The Labute approximate surface area is 204 Å². The van der Waals surface area contributed by atoms with Crippen molar-refractivity contribution in [1.82, 2.24) is 19.6 Å². The average Bonchev–Trinajstić information content (AvgIpc) is 3.59. The molecule has 2 aliphatic heterocycles. The molecule has 3 heterocycles. The monoisotopic (exact) mass is 472 g/mol. The molecule has 7 heteroatoms. The number of amides is 2. The summed E-state index contributed by atoms with van der Waals surface area (Å²) in [6, 6.07) is 15.9. The maximum atomic E-state index is 13.5. The first-order valence-corrected chi connectivity index (χ1v) is 12.3. The van der Waals surface area contributed by atoms with Gasteiger partial charge in [-0.3, -0.25) is 9.59 Å². The molecule has 3 aromatic rings. The highest BCUT2D eigenvalue weighted by Crippen LogP contribution is 2.26. The molecule has 2 aromatic carbocycles. The highest BCUT2D eigenvalue weighted by Gasteiger charge is 2.30. The summed E-state index contributed by atoms with van der Waals surface area (Å²) >= 11 is 0. The van der Waals surface area contributed by atoms with E-state index >= 15 is 0 Å². The van der Waals surface area contributed by atoms with Gasteiger partial charge in [-0.15, -0.1) is 0 Å². The van der Waals surface area contributed by atoms with Crippen molar-refractivity contribution < 1.29 is 14.0 Å². The van der Waals surface area contributed by atoms with Gasteiger partial charge in [0.25, 0.3) is 0 Å². The van der Waals surface area contributed by atoms with E-state index in [4.69, 9.17) is 5.10 Å². The Balaban J connectivity index is 1.30. The van der Waals surface area contributed by atoms with Crippen LogP contribution in [0, 0.1) is 11.7 Å². The van der Waals surface area contributed by atoms with E-state index < -0.39 is 0 Å². The number of para-hydroxylation sites is 1. The van der Waals surface area contributed by atoms with Crippen LogP contribution in [0.5, 0.6) is 0 Å². The summed E-state index contributed by atoms with van der Waals surface area (Å²) in [7, 11) is 0. The van der Waals surface area contributed by atoms with E-state index in [0.717, 1.165) is 42.7 Å². The predicted molar refractivity (Wildman–Crippen MR) is 133 cm³/mol. The van der Waals surface area contributed by atoms with Crippen molar-refractivity contribution >= 4 is 17.9 Å². The van der Waals surface area contributed by atoms with Gasteiger partial charge in [-0.25, -0.2) is 9.07 Å². The molecule has 2 saturated heterocycles. The van der Waals surface area contributed by atoms with E-state index in [9.17, 15) is 14.0 Å². The third kappa shape index (κ3) is 5.19. The molecule has 180 valence electrons. The van der Waals surface area contributed by atoms with Crippen molar-refractivity contribution in [2.45, 2.75) is 25.7 Å². The zero-order valence-electron chi connectivity index (χ0n) is 19.6. The lowest BCUT2D eigenvalue weighted by atomic mass is 9.95. The largest absolute Gasteiger partial charge is 0.342 e. The Morgan fingerprint density at radius 3 is 2.26 bits per heavy atom. The maximum Gasteiger partial charge on any atom is 0.246 e. The highest BCUT2D eigenvalue weighted by atomic mass is 19.1. The molecule has 0 radical (unpaired) electrons. The minimum absolute atomic E-state index is 0.0234. The van der Waals surface area contributed by atoms with Crippen molar-refractivity contribution in [2.75, 3.05) is 26.2 Å². The number of aromatic nitrogens is 2. The molecule has 2 amide bonds. The van der Waals surface area contributed by atoms with Gasteiger partial charge in [-0.1, -0.05) is 18.2 Å². The molecule has 0 N–H and O–H groups in total. The van der Waals surface area contributed by atoms with Gasteiger partial charge >= 0.3 is 0 Å². The maximum absolute atomic E-state index is 13.5. The Hall–Kier alpha value is -3.74. The lowest BCUT2D eigenvalue weighted by molar-refractivity contribution is -0.138. The summed E-state index contributed by atoms with van der Waals surface area (Å²) in [5, 5.41) is 4.71. The molecule has 6 nitrogen and oxygen atoms in total. The molecular weight excluding hydrogens is 443 g/mol. The van der Waals surface area contributed by atoms with Crippen LogP contribution in [-0.4, -0.2) is 57.6 Å². The Bertz CT molecular complexity index is 1210. The lowest BCUT2D eigenvalue weighted by Crippen LogP contribution is -2.43. The zero-order valence-corrected chi connectivity index (χ0v) is 19.6. The van der Waals surface area contributed by atoms with Gasteiger partial charge in [0.1, 0.15) is 5.82 Å². The number of hydrogen-bond donors (Lipinski definition) is 0. The molecule has 2 fully saturated rings. The van der Waals surface area contributed by atoms with Gasteiger partial charge in [0.2, 0.25) is 11.8 Å². The van der Waals surface area contributed by atoms with Crippen LogP contribution < -0.4 is 0 Å². The summed E-state index contributed by atoms with van der Waals surface area (Å²) in [5.41, 5.74) is 3.11. The van der Waals surface area contributed by atoms with Crippen LogP contribution in [0.3, 0.4) is 0 Å². The smallest absolute Gasteiger partial charge is 0.246 e. The Morgan fingerprint density at radius 1 is 0.886 bits per heavy atom. The Kier molecular flexibility index (Phi) is 6.75. The van der Waals surface area contributed by atoms with Gasteiger partial charge in [0.05, 0.1) is 11.4 Å². The second-order valence-electron chi connectivity index (χ2n) is 9.19. The van der Waals surface area contributed by atoms with Gasteiger partial charge in [-0.05, 0) is 68.2 Å². The number of benzene rings is 2. The van der Waals surface area contributed by atoms with Crippen LogP contribution in [0.1, 0.15) is 31.2 Å². The van der Waals surface area contributed by atoms with Gasteiger partial charge in [0.15, 0.2) is 0 Å².